The van der Waals surface area contributed by atoms with Gasteiger partial charge in [-0.25, -0.2) is 13.2 Å². The molecule has 0 aromatic heterocycles. The molecule has 3 rings (SSSR count). The average molecular weight is 488 g/mol. The Morgan fingerprint density at radius 1 is 1.09 bits per heavy atom. The molecule has 0 saturated heterocycles. The maximum absolute atomic E-state index is 13.7. The number of ether oxygens (including phenoxy) is 3. The molecule has 1 atom stereocenters. The third-order valence-electron chi connectivity index (χ3n) is 5.66. The van der Waals surface area contributed by atoms with Gasteiger partial charge < -0.3 is 19.1 Å². The first kappa shape index (κ1) is 25.8. The standard InChI is InChI=1S/C26H33NO6S/c1-4-7-16-26(33-6-3)19-27(21-11-9-8-10-12-21)23-14-13-22(18-24(23)34(29,30)20-26)32-17-15-25(28)31-5-2/h8-15,17-18H,4-7,16,19-20H2,1-3H3/b17-15+. The highest BCUT2D eigenvalue weighted by atomic mass is 32.2. The molecule has 8 heteroatoms. The SMILES string of the molecule is CCCCC1(OCC)CN(c2ccccc2)c2ccc(O/C=C/C(=O)OCC)cc2S(=O)(=O)C1. The lowest BCUT2D eigenvalue weighted by molar-refractivity contribution is -0.137. The summed E-state index contributed by atoms with van der Waals surface area (Å²) in [5.41, 5.74) is 0.617. The van der Waals surface area contributed by atoms with Crippen LogP contribution in [0.4, 0.5) is 11.4 Å². The van der Waals surface area contributed by atoms with Crippen molar-refractivity contribution in [3.8, 4) is 5.75 Å². The second-order valence-corrected chi connectivity index (χ2v) is 10.2. The summed E-state index contributed by atoms with van der Waals surface area (Å²) >= 11 is 0. The van der Waals surface area contributed by atoms with Crippen molar-refractivity contribution in [2.24, 2.45) is 0 Å². The van der Waals surface area contributed by atoms with Gasteiger partial charge in [0.1, 0.15) is 11.4 Å². The number of nitrogens with zero attached hydrogens (tertiary/aromatic N) is 1. The predicted octanol–water partition coefficient (Wildman–Crippen LogP) is 5.03. The third kappa shape index (κ3) is 6.18. The van der Waals surface area contributed by atoms with Gasteiger partial charge in [0.25, 0.3) is 0 Å². The fourth-order valence-electron chi connectivity index (χ4n) is 4.20. The van der Waals surface area contributed by atoms with E-state index >= 15 is 0 Å². The van der Waals surface area contributed by atoms with Crippen LogP contribution in [0.25, 0.3) is 0 Å². The van der Waals surface area contributed by atoms with Gasteiger partial charge in [-0.2, -0.15) is 0 Å². The van der Waals surface area contributed by atoms with E-state index in [9.17, 15) is 13.2 Å². The number of rotatable bonds is 10. The van der Waals surface area contributed by atoms with Gasteiger partial charge in [0.05, 0.1) is 41.8 Å². The van der Waals surface area contributed by atoms with Crippen LogP contribution in [-0.4, -0.2) is 45.5 Å². The Kier molecular flexibility index (Phi) is 8.74. The minimum absolute atomic E-state index is 0.119. The zero-order valence-electron chi connectivity index (χ0n) is 20.0. The number of carbonyl (C=O) groups excluding carboxylic acids is 1. The van der Waals surface area contributed by atoms with Crippen LogP contribution >= 0.6 is 0 Å². The lowest BCUT2D eigenvalue weighted by Crippen LogP contribution is -2.47. The maximum Gasteiger partial charge on any atom is 0.333 e. The van der Waals surface area contributed by atoms with E-state index in [-0.39, 0.29) is 17.3 Å². The molecule has 0 aliphatic carbocycles. The summed E-state index contributed by atoms with van der Waals surface area (Å²) in [5, 5.41) is 0. The summed E-state index contributed by atoms with van der Waals surface area (Å²) in [4.78, 5) is 13.7. The molecular formula is C26H33NO6S. The number of hydrogen-bond donors (Lipinski definition) is 0. The number of para-hydroxylation sites is 1. The predicted molar refractivity (Wildman–Crippen MR) is 132 cm³/mol. The lowest BCUT2D eigenvalue weighted by atomic mass is 9.97. The largest absolute Gasteiger partial charge is 0.465 e. The van der Waals surface area contributed by atoms with Crippen LogP contribution < -0.4 is 9.64 Å². The zero-order valence-corrected chi connectivity index (χ0v) is 20.8. The highest BCUT2D eigenvalue weighted by Gasteiger charge is 2.43. The zero-order chi connectivity index (χ0) is 24.6. The molecule has 0 N–H and O–H groups in total. The van der Waals surface area contributed by atoms with Crippen LogP contribution in [0.5, 0.6) is 5.75 Å². The number of anilines is 2. The third-order valence-corrected chi connectivity index (χ3v) is 7.56. The smallest absolute Gasteiger partial charge is 0.333 e. The van der Waals surface area contributed by atoms with Gasteiger partial charge in [-0.1, -0.05) is 38.0 Å². The topological polar surface area (TPSA) is 82.1 Å². The van der Waals surface area contributed by atoms with Crippen molar-refractivity contribution >= 4 is 27.2 Å². The number of benzene rings is 2. The molecule has 2 aromatic rings. The van der Waals surface area contributed by atoms with Crippen LogP contribution in [0.15, 0.2) is 65.8 Å². The Balaban J connectivity index is 2.07. The van der Waals surface area contributed by atoms with Gasteiger partial charge in [0, 0.05) is 18.4 Å². The Morgan fingerprint density at radius 2 is 1.85 bits per heavy atom. The van der Waals surface area contributed by atoms with E-state index in [0.29, 0.717) is 31.0 Å². The minimum Gasteiger partial charge on any atom is -0.465 e. The first-order valence-electron chi connectivity index (χ1n) is 11.7. The van der Waals surface area contributed by atoms with Crippen molar-refractivity contribution in [3.63, 3.8) is 0 Å². The number of carbonyl (C=O) groups is 1. The summed E-state index contributed by atoms with van der Waals surface area (Å²) in [6, 6.07) is 14.7. The van der Waals surface area contributed by atoms with Crippen molar-refractivity contribution in [1.29, 1.82) is 0 Å². The summed E-state index contributed by atoms with van der Waals surface area (Å²) < 4.78 is 43.9. The Hall–Kier alpha value is -2.84. The fraction of sp³-hybridized carbons (Fsp3) is 0.423. The molecule has 34 heavy (non-hydrogen) atoms. The van der Waals surface area contributed by atoms with E-state index in [0.717, 1.165) is 24.6 Å². The summed E-state index contributed by atoms with van der Waals surface area (Å²) in [5.74, 6) is -0.336. The minimum atomic E-state index is -3.71. The number of sulfone groups is 1. The molecular weight excluding hydrogens is 454 g/mol. The molecule has 1 aliphatic heterocycles. The maximum atomic E-state index is 13.7. The number of fused-ring (bicyclic) bond motifs is 1. The first-order chi connectivity index (χ1) is 16.3. The van der Waals surface area contributed by atoms with Crippen molar-refractivity contribution in [1.82, 2.24) is 0 Å². The van der Waals surface area contributed by atoms with E-state index in [4.69, 9.17) is 14.2 Å². The molecule has 0 spiro atoms. The van der Waals surface area contributed by atoms with Crippen LogP contribution in [0, 0.1) is 0 Å². The van der Waals surface area contributed by atoms with Crippen LogP contribution in [-0.2, 0) is 24.1 Å². The molecule has 0 radical (unpaired) electrons. The van der Waals surface area contributed by atoms with Crippen molar-refractivity contribution in [2.45, 2.75) is 50.5 Å². The van der Waals surface area contributed by atoms with Crippen molar-refractivity contribution < 1.29 is 27.4 Å². The van der Waals surface area contributed by atoms with E-state index in [1.54, 1.807) is 19.1 Å². The van der Waals surface area contributed by atoms with E-state index < -0.39 is 21.4 Å². The normalized spacial score (nSPS) is 19.4. The average Bonchev–Trinajstić information content (AvgIpc) is 2.91. The molecule has 0 amide bonds. The van der Waals surface area contributed by atoms with E-state index in [2.05, 4.69) is 6.92 Å². The van der Waals surface area contributed by atoms with Crippen LogP contribution in [0.1, 0.15) is 40.0 Å². The lowest BCUT2D eigenvalue weighted by Gasteiger charge is -2.36. The molecule has 2 aromatic carbocycles. The molecule has 1 aliphatic rings. The summed E-state index contributed by atoms with van der Waals surface area (Å²) in [6.45, 7) is 6.79. The van der Waals surface area contributed by atoms with Gasteiger partial charge in [-0.05, 0) is 44.5 Å². The molecule has 184 valence electrons. The quantitative estimate of drug-likeness (QED) is 0.264. The van der Waals surface area contributed by atoms with Gasteiger partial charge >= 0.3 is 5.97 Å². The van der Waals surface area contributed by atoms with Crippen molar-refractivity contribution in [2.75, 3.05) is 30.4 Å². The molecule has 1 unspecified atom stereocenters. The first-order valence-corrected chi connectivity index (χ1v) is 13.3. The van der Waals surface area contributed by atoms with Crippen molar-refractivity contribution in [3.05, 3.63) is 60.9 Å². The van der Waals surface area contributed by atoms with E-state index in [1.807, 2.05) is 42.2 Å². The number of unbranched alkanes of at least 4 members (excludes halogenated alkanes) is 1. The summed E-state index contributed by atoms with van der Waals surface area (Å²) in [6.07, 6.45) is 4.80. The molecule has 0 saturated carbocycles. The number of esters is 1. The van der Waals surface area contributed by atoms with Crippen LogP contribution in [0.2, 0.25) is 0 Å². The Labute approximate surface area is 202 Å². The molecule has 0 fully saturated rings. The highest BCUT2D eigenvalue weighted by Crippen LogP contribution is 2.41. The molecule has 0 bridgehead atoms. The Morgan fingerprint density at radius 3 is 2.53 bits per heavy atom. The van der Waals surface area contributed by atoms with E-state index in [1.165, 1.54) is 12.3 Å². The van der Waals surface area contributed by atoms with Gasteiger partial charge in [-0.15, -0.1) is 0 Å². The molecule has 1 heterocycles. The van der Waals surface area contributed by atoms with Gasteiger partial charge in [0.2, 0.25) is 0 Å². The second-order valence-electron chi connectivity index (χ2n) is 8.20. The highest BCUT2D eigenvalue weighted by molar-refractivity contribution is 7.91. The second kappa shape index (κ2) is 11.5. The monoisotopic (exact) mass is 487 g/mol. The van der Waals surface area contributed by atoms with Gasteiger partial charge in [0.15, 0.2) is 9.84 Å². The van der Waals surface area contributed by atoms with Crippen LogP contribution in [0.3, 0.4) is 0 Å². The van der Waals surface area contributed by atoms with Gasteiger partial charge in [-0.3, -0.25) is 0 Å². The Bertz CT molecular complexity index is 1100. The molecule has 7 nitrogen and oxygen atoms in total. The summed E-state index contributed by atoms with van der Waals surface area (Å²) in [7, 11) is -3.71. The number of hydrogen-bond acceptors (Lipinski definition) is 7. The fourth-order valence-corrected chi connectivity index (χ4v) is 6.16.